The lowest BCUT2D eigenvalue weighted by Gasteiger charge is -2.39. The molecule has 1 heterocycles. The van der Waals surface area contributed by atoms with Crippen molar-refractivity contribution in [3.8, 4) is 0 Å². The highest BCUT2D eigenvalue weighted by Crippen LogP contribution is 2.35. The van der Waals surface area contributed by atoms with Crippen molar-refractivity contribution >= 4 is 88.1 Å². The number of carbonyl (C=O) groups is 13. The normalized spacial score (nSPS) is 14.9. The van der Waals surface area contributed by atoms with Gasteiger partial charge in [-0.25, -0.2) is 4.79 Å². The summed E-state index contributed by atoms with van der Waals surface area (Å²) in [7, 11) is 5.00. The van der Waals surface area contributed by atoms with E-state index in [-0.39, 0.29) is 5.57 Å². The summed E-state index contributed by atoms with van der Waals surface area (Å²) in [5, 5.41) is 73.1. The summed E-state index contributed by atoms with van der Waals surface area (Å²) in [6.07, 6.45) is -2.96. The van der Waals surface area contributed by atoms with Crippen LogP contribution in [0.4, 0.5) is 0 Å². The third-order valence-electron chi connectivity index (χ3n) is 12.5. The van der Waals surface area contributed by atoms with Crippen molar-refractivity contribution in [2.24, 2.45) is 18.4 Å². The van der Waals surface area contributed by atoms with Gasteiger partial charge >= 0.3 is 35.8 Å². The van der Waals surface area contributed by atoms with Crippen LogP contribution in [0.5, 0.6) is 0 Å². The molecule has 430 valence electrons. The molecule has 2 rings (SSSR count). The van der Waals surface area contributed by atoms with Crippen LogP contribution < -0.4 is 37.2 Å². The Kier molecular flexibility index (Phi) is 23.7. The Morgan fingerprint density at radius 2 is 0.962 bits per heavy atom. The van der Waals surface area contributed by atoms with Gasteiger partial charge in [-0.2, -0.15) is 0 Å². The van der Waals surface area contributed by atoms with E-state index in [0.29, 0.717) is 0 Å². The first-order valence-corrected chi connectivity index (χ1v) is 24.3. The molecule has 0 aliphatic heterocycles. The number of fused-ring (bicyclic) bond motifs is 1. The quantitative estimate of drug-likeness (QED) is 0.0412. The summed E-state index contributed by atoms with van der Waals surface area (Å²) in [6.45, 7) is 13.9. The lowest BCUT2D eigenvalue weighted by Crippen LogP contribution is -2.61. The predicted molar refractivity (Wildman–Crippen MR) is 274 cm³/mol. The Bertz CT molecular complexity index is 2670. The maximum absolute atomic E-state index is 14.5. The van der Waals surface area contributed by atoms with Crippen LogP contribution in [0.1, 0.15) is 93.1 Å². The van der Waals surface area contributed by atoms with Crippen LogP contribution in [0.15, 0.2) is 42.1 Å². The number of carboxylic acid groups (broad SMARTS) is 6. The van der Waals surface area contributed by atoms with Gasteiger partial charge in [0.2, 0.25) is 41.4 Å². The molecular formula is C50H71N9O19. The molecule has 2 aromatic rings. The average molecular weight is 1100 g/mol. The molecule has 0 aliphatic carbocycles. The van der Waals surface area contributed by atoms with E-state index in [9.17, 15) is 87.9 Å². The summed E-state index contributed by atoms with van der Waals surface area (Å²) in [4.78, 5) is 167. The number of aromatic nitrogens is 1. The average Bonchev–Trinajstić information content (AvgIpc) is 3.66. The first-order valence-electron chi connectivity index (χ1n) is 24.3. The largest absolute Gasteiger partial charge is 0.481 e. The van der Waals surface area contributed by atoms with Crippen LogP contribution in [-0.2, 0) is 74.8 Å². The second kappa shape index (κ2) is 28.1. The number of aliphatic carboxylic acids is 6. The Morgan fingerprint density at radius 3 is 1.33 bits per heavy atom. The number of nitrogens with one attached hydrogen (secondary N) is 7. The van der Waals surface area contributed by atoms with Crippen LogP contribution in [0.3, 0.4) is 0 Å². The number of carbonyl (C=O) groups excluding carboxylic acids is 7. The van der Waals surface area contributed by atoms with Gasteiger partial charge < -0.3 is 77.3 Å². The van der Waals surface area contributed by atoms with Crippen LogP contribution in [0, 0.1) is 11.3 Å². The van der Waals surface area contributed by atoms with Crippen LogP contribution in [0.25, 0.3) is 10.9 Å². The maximum atomic E-state index is 14.5. The van der Waals surface area contributed by atoms with Gasteiger partial charge in [0.05, 0.1) is 44.2 Å². The standard InChI is InChI=1S/C50H71N9O19/c1-23(2)33(59(11)47(76)40(49(4,5)6)57-46(75)39(51-9)50(7,8)26-22-58(10)32-15-13-12-14-25(26)32)16-24(3)41(70)52-27(17-34(60)61)42(71)53-28(18-35(62)63)43(72)54-29(19-36(64)65)44(73)55-30(20-37(66)67)45(74)56-31(48(77)78)21-38(68)69/h12-16,22-23,27-31,33,39-40,51H,17-21H2,1-11H3,(H,52,70)(H,53,71)(H,54,72)(H,55,73)(H,56,74)(H,57,75)(H,60,61)(H,62,63)(H,64,65)(H,66,67)(H,68,69)(H,77,78)/b24-16+/t27-,28-,29-,30-,31-,33+,39+,40+/m0/s1. The lowest BCUT2D eigenvalue weighted by atomic mass is 9.76. The molecule has 1 aromatic carbocycles. The minimum absolute atomic E-state index is 0.155. The van der Waals surface area contributed by atoms with Crippen LogP contribution in [0.2, 0.25) is 0 Å². The molecule has 28 nitrogen and oxygen atoms in total. The van der Waals surface area contributed by atoms with Gasteiger partial charge in [0.15, 0.2) is 0 Å². The van der Waals surface area contributed by atoms with E-state index in [0.717, 1.165) is 16.5 Å². The summed E-state index contributed by atoms with van der Waals surface area (Å²) in [6, 6.07) is -6.04. The van der Waals surface area contributed by atoms with E-state index >= 15 is 0 Å². The van der Waals surface area contributed by atoms with Crippen molar-refractivity contribution in [2.75, 3.05) is 14.1 Å². The van der Waals surface area contributed by atoms with E-state index in [1.54, 1.807) is 47.0 Å². The van der Waals surface area contributed by atoms with Crippen molar-refractivity contribution in [2.45, 2.75) is 141 Å². The highest BCUT2D eigenvalue weighted by Gasteiger charge is 2.43. The molecule has 78 heavy (non-hydrogen) atoms. The summed E-state index contributed by atoms with van der Waals surface area (Å²) in [5.41, 5.74) is 0.00687. The summed E-state index contributed by atoms with van der Waals surface area (Å²) in [5.74, 6) is -19.3. The molecule has 0 spiro atoms. The first-order chi connectivity index (χ1) is 35.9. The Balaban J connectivity index is 2.42. The molecule has 1 aromatic heterocycles. The highest BCUT2D eigenvalue weighted by atomic mass is 16.4. The summed E-state index contributed by atoms with van der Waals surface area (Å²) < 4.78 is 1.96. The molecule has 8 atom stereocenters. The second-order valence-electron chi connectivity index (χ2n) is 20.6. The zero-order valence-electron chi connectivity index (χ0n) is 45.1. The fourth-order valence-corrected chi connectivity index (χ4v) is 8.41. The van der Waals surface area contributed by atoms with E-state index in [4.69, 9.17) is 5.11 Å². The number of carboxylic acids is 6. The zero-order chi connectivity index (χ0) is 59.9. The van der Waals surface area contributed by atoms with Gasteiger partial charge in [-0.05, 0) is 36.9 Å². The number of rotatable bonds is 30. The molecule has 0 fully saturated rings. The Hall–Kier alpha value is -8.43. The molecule has 0 saturated carbocycles. The van der Waals surface area contributed by atoms with E-state index in [1.807, 2.05) is 71.9 Å². The monoisotopic (exact) mass is 1100 g/mol. The Morgan fingerprint density at radius 1 is 0.577 bits per heavy atom. The minimum Gasteiger partial charge on any atom is -0.481 e. The topological polar surface area (TPSA) is 436 Å². The van der Waals surface area contributed by atoms with Crippen molar-refractivity contribution in [1.82, 2.24) is 46.7 Å². The molecule has 0 saturated heterocycles. The number of benzene rings is 1. The van der Waals surface area contributed by atoms with Crippen molar-refractivity contribution in [1.29, 1.82) is 0 Å². The zero-order valence-corrected chi connectivity index (χ0v) is 45.1. The van der Waals surface area contributed by atoms with Gasteiger partial charge in [-0.1, -0.05) is 72.7 Å². The molecule has 0 radical (unpaired) electrons. The van der Waals surface area contributed by atoms with Crippen LogP contribution in [-0.4, -0.2) is 180 Å². The second-order valence-corrected chi connectivity index (χ2v) is 20.6. The molecule has 13 N–H and O–H groups in total. The third-order valence-corrected chi connectivity index (χ3v) is 12.5. The first kappa shape index (κ1) is 65.7. The third kappa shape index (κ3) is 18.7. The number of hydrogen-bond acceptors (Lipinski definition) is 14. The number of aryl methyl sites for hydroxylation is 1. The van der Waals surface area contributed by atoms with Gasteiger partial charge in [-0.3, -0.25) is 57.5 Å². The van der Waals surface area contributed by atoms with Crippen molar-refractivity contribution < 1.29 is 93.0 Å². The lowest BCUT2D eigenvalue weighted by molar-refractivity contribution is -0.148. The van der Waals surface area contributed by atoms with Gasteiger partial charge in [-0.15, -0.1) is 0 Å². The summed E-state index contributed by atoms with van der Waals surface area (Å²) >= 11 is 0. The van der Waals surface area contributed by atoms with E-state index in [2.05, 4.69) is 16.0 Å². The molecule has 28 heteroatoms. The number of likely N-dealkylation sites (N-methyl/N-ethyl adjacent to an activating group) is 2. The fourth-order valence-electron chi connectivity index (χ4n) is 8.41. The molecule has 0 unspecified atom stereocenters. The SMILES string of the molecule is CN[C@H](C(=O)N[C@H](C(=O)N(C)[C@H](/C=C(\C)C(=O)N[C@@H](CC(=O)O)C(=O)N[C@@H](CC(=O)O)C(=O)N[C@@H](CC(=O)O)C(=O)N[C@@H](CC(=O)O)C(=O)N[C@@H](CC(=O)O)C(=O)O)C(C)C)C(C)(C)C)C(C)(C)c1cn(C)c2ccccc12. The van der Waals surface area contributed by atoms with Crippen molar-refractivity contribution in [3.63, 3.8) is 0 Å². The fraction of sp³-hybridized carbons (Fsp3) is 0.540. The number of nitrogens with zero attached hydrogens (tertiary/aromatic N) is 2. The maximum Gasteiger partial charge on any atom is 0.326 e. The predicted octanol–water partition coefficient (Wildman–Crippen LogP) is -1.11. The number of hydrogen-bond donors (Lipinski definition) is 13. The van der Waals surface area contributed by atoms with Crippen LogP contribution >= 0.6 is 0 Å². The smallest absolute Gasteiger partial charge is 0.326 e. The molecular weight excluding hydrogens is 1030 g/mol. The minimum atomic E-state index is -2.28. The van der Waals surface area contributed by atoms with Gasteiger partial charge in [0.1, 0.15) is 36.3 Å². The van der Waals surface area contributed by atoms with Crippen molar-refractivity contribution in [3.05, 3.63) is 47.7 Å². The van der Waals surface area contributed by atoms with Gasteiger partial charge in [0.25, 0.3) is 0 Å². The molecule has 0 bridgehead atoms. The molecule has 7 amide bonds. The van der Waals surface area contributed by atoms with E-state index < -0.39 is 174 Å². The highest BCUT2D eigenvalue weighted by molar-refractivity contribution is 6.01. The van der Waals surface area contributed by atoms with E-state index in [1.165, 1.54) is 24.9 Å². The number of para-hydroxylation sites is 1. The molecule has 0 aliphatic rings. The number of amides is 7. The Labute approximate surface area is 448 Å². The van der Waals surface area contributed by atoms with Gasteiger partial charge in [0, 0.05) is 42.2 Å².